The summed E-state index contributed by atoms with van der Waals surface area (Å²) in [5.41, 5.74) is -2.74. The molecule has 6 atom stereocenters. The van der Waals surface area contributed by atoms with Crippen molar-refractivity contribution in [1.82, 2.24) is 10.3 Å². The number of nitrogens with one attached hydrogen (secondary N) is 1. The van der Waals surface area contributed by atoms with Crippen LogP contribution < -0.4 is 10.1 Å². The van der Waals surface area contributed by atoms with Crippen LogP contribution in [0.2, 0.25) is 0 Å². The second-order valence-electron chi connectivity index (χ2n) is 11.8. The van der Waals surface area contributed by atoms with Crippen LogP contribution in [-0.4, -0.2) is 91.7 Å². The van der Waals surface area contributed by atoms with Crippen LogP contribution in [0.3, 0.4) is 0 Å². The number of pyridine rings is 1. The Labute approximate surface area is 263 Å². The van der Waals surface area contributed by atoms with Crippen LogP contribution in [0, 0.1) is 0 Å². The predicted octanol–water partition coefficient (Wildman–Crippen LogP) is 1.23. The zero-order valence-electron chi connectivity index (χ0n) is 25.1. The highest BCUT2D eigenvalue weighted by Gasteiger charge is 2.50. The van der Waals surface area contributed by atoms with E-state index in [2.05, 4.69) is 10.3 Å². The summed E-state index contributed by atoms with van der Waals surface area (Å²) in [6.07, 6.45) is -1.67. The summed E-state index contributed by atoms with van der Waals surface area (Å²) in [6.45, 7) is 1.01. The van der Waals surface area contributed by atoms with Crippen molar-refractivity contribution in [1.29, 1.82) is 0 Å². The van der Waals surface area contributed by atoms with Gasteiger partial charge in [-0.3, -0.25) is 19.4 Å². The molecule has 0 spiro atoms. The highest BCUT2D eigenvalue weighted by atomic mass is 16.7. The van der Waals surface area contributed by atoms with E-state index < -0.39 is 95.7 Å². The summed E-state index contributed by atoms with van der Waals surface area (Å²) in [5, 5.41) is 58.5. The van der Waals surface area contributed by atoms with Crippen LogP contribution in [0.25, 0.3) is 0 Å². The molecule has 1 aromatic heterocycles. The maximum absolute atomic E-state index is 13.8. The van der Waals surface area contributed by atoms with Gasteiger partial charge in [0.25, 0.3) is 0 Å². The van der Waals surface area contributed by atoms with E-state index in [1.54, 1.807) is 25.4 Å². The summed E-state index contributed by atoms with van der Waals surface area (Å²) in [5.74, 6) is -3.76. The number of benzene rings is 2. The molecule has 13 nitrogen and oxygen atoms in total. The fraction of sp³-hybridized carbons (Fsp3) is 0.394. The molecule has 6 rings (SSSR count). The number of phenolic OH excluding ortho intramolecular Hbond substituents is 2. The average Bonchev–Trinajstić information content (AvgIpc) is 3.05. The van der Waals surface area contributed by atoms with E-state index in [0.717, 1.165) is 5.56 Å². The highest BCUT2D eigenvalue weighted by Crippen LogP contribution is 2.52. The number of ether oxygens (including phenoxy) is 3. The first-order chi connectivity index (χ1) is 22.0. The van der Waals surface area contributed by atoms with Gasteiger partial charge in [0, 0.05) is 60.9 Å². The zero-order chi connectivity index (χ0) is 32.9. The molecule has 0 unspecified atom stereocenters. The van der Waals surface area contributed by atoms with Crippen molar-refractivity contribution in [3.05, 3.63) is 81.7 Å². The Kier molecular flexibility index (Phi) is 8.40. The van der Waals surface area contributed by atoms with E-state index in [0.29, 0.717) is 6.54 Å². The number of carbonyl (C=O) groups excluding carboxylic acids is 3. The number of phenols is 2. The van der Waals surface area contributed by atoms with E-state index in [-0.39, 0.29) is 34.4 Å². The molecule has 1 aliphatic heterocycles. The van der Waals surface area contributed by atoms with Crippen molar-refractivity contribution in [2.75, 3.05) is 13.7 Å². The highest BCUT2D eigenvalue weighted by molar-refractivity contribution is 6.31. The molecule has 1 saturated heterocycles. The van der Waals surface area contributed by atoms with Crippen LogP contribution in [0.15, 0.2) is 42.7 Å². The van der Waals surface area contributed by atoms with E-state index >= 15 is 0 Å². The quantitative estimate of drug-likeness (QED) is 0.151. The number of methoxy groups -OCH3 is 1. The monoisotopic (exact) mass is 634 g/mol. The molecule has 0 saturated carbocycles. The molecule has 13 heteroatoms. The molecule has 2 aliphatic carbocycles. The van der Waals surface area contributed by atoms with Crippen molar-refractivity contribution < 1.29 is 54.1 Å². The number of nitrogens with zero attached hydrogens (tertiary/aromatic N) is 1. The molecule has 2 aromatic carbocycles. The third kappa shape index (κ3) is 5.24. The lowest BCUT2D eigenvalue weighted by Crippen LogP contribution is -2.54. The van der Waals surface area contributed by atoms with Gasteiger partial charge in [0.2, 0.25) is 5.78 Å². The summed E-state index contributed by atoms with van der Waals surface area (Å²) in [4.78, 5) is 44.4. The molecule has 242 valence electrons. The maximum atomic E-state index is 13.8. The lowest BCUT2D eigenvalue weighted by molar-refractivity contribution is -0.250. The molecule has 2 heterocycles. The molecule has 3 aromatic rings. The van der Waals surface area contributed by atoms with Crippen molar-refractivity contribution in [2.45, 2.75) is 69.0 Å². The number of carbonyl (C=O) groups is 3. The van der Waals surface area contributed by atoms with Gasteiger partial charge in [-0.05, 0) is 24.6 Å². The number of Topliss-reactive ketones (excluding diaryl/α,β-unsaturated/α-hetero) is 1. The average molecular weight is 635 g/mol. The Morgan fingerprint density at radius 2 is 1.87 bits per heavy atom. The standard InChI is InChI=1S/C33H34N2O11/c1-15-28(38)19(35-13-16-5-4-8-34-12-16)9-23(45-15)46-21-11-33(43,22(37)14-36)10-18-25(21)32(42)27-26(30(18)40)29(39)17-6-3-7-20(44-2)24(17)31(27)41/h3-8,12,15,19,21,23,28,35-36,38,40,42-43H,9-11,13-14H2,1-2H3/t15-,19-,21-,23-,28-,33-/m0/s1. The van der Waals surface area contributed by atoms with E-state index in [9.17, 15) is 39.9 Å². The second kappa shape index (κ2) is 12.2. The van der Waals surface area contributed by atoms with Gasteiger partial charge in [0.15, 0.2) is 17.9 Å². The molecule has 46 heavy (non-hydrogen) atoms. The van der Waals surface area contributed by atoms with Gasteiger partial charge in [0.05, 0.1) is 42.1 Å². The number of fused-ring (bicyclic) bond motifs is 3. The van der Waals surface area contributed by atoms with Gasteiger partial charge >= 0.3 is 0 Å². The smallest absolute Gasteiger partial charge is 0.202 e. The van der Waals surface area contributed by atoms with Gasteiger partial charge < -0.3 is 45.1 Å². The van der Waals surface area contributed by atoms with E-state index in [1.807, 2.05) is 6.07 Å². The first-order valence-corrected chi connectivity index (χ1v) is 14.8. The summed E-state index contributed by atoms with van der Waals surface area (Å²) >= 11 is 0. The second-order valence-corrected chi connectivity index (χ2v) is 11.8. The molecule has 0 bridgehead atoms. The van der Waals surface area contributed by atoms with Crippen molar-refractivity contribution in [3.8, 4) is 17.2 Å². The van der Waals surface area contributed by atoms with Crippen LogP contribution in [-0.2, 0) is 27.2 Å². The molecule has 0 radical (unpaired) electrons. The molecule has 6 N–H and O–H groups in total. The normalized spacial score (nSPS) is 27.0. The minimum atomic E-state index is -2.26. The molecule has 0 amide bonds. The SMILES string of the molecule is COc1cccc2c1C(=O)c1c(O)c3c(c(O)c1C2=O)C[C@@](O)(C(=O)CO)C[C@@H]3O[C@H]1C[C@H](NCc2cccnc2)[C@@H](O)[C@H](C)O1. The summed E-state index contributed by atoms with van der Waals surface area (Å²) in [6, 6.07) is 7.52. The maximum Gasteiger partial charge on any atom is 0.202 e. The first kappa shape index (κ1) is 31.7. The first-order valence-electron chi connectivity index (χ1n) is 14.8. The van der Waals surface area contributed by atoms with E-state index in [4.69, 9.17) is 14.2 Å². The number of rotatable bonds is 8. The topological polar surface area (TPSA) is 205 Å². The fourth-order valence-electron chi connectivity index (χ4n) is 6.67. The Morgan fingerprint density at radius 3 is 2.57 bits per heavy atom. The number of ketones is 3. The zero-order valence-corrected chi connectivity index (χ0v) is 25.1. The fourth-order valence-corrected chi connectivity index (χ4v) is 6.67. The van der Waals surface area contributed by atoms with Crippen LogP contribution in [0.1, 0.15) is 74.4 Å². The largest absolute Gasteiger partial charge is 0.507 e. The van der Waals surface area contributed by atoms with Crippen molar-refractivity contribution in [2.24, 2.45) is 0 Å². The number of hydrogen-bond acceptors (Lipinski definition) is 13. The third-order valence-corrected chi connectivity index (χ3v) is 9.05. The number of aromatic hydroxyl groups is 2. The van der Waals surface area contributed by atoms with E-state index in [1.165, 1.54) is 25.3 Å². The number of aliphatic hydroxyl groups excluding tert-OH is 2. The van der Waals surface area contributed by atoms with Crippen LogP contribution in [0.4, 0.5) is 0 Å². The van der Waals surface area contributed by atoms with Gasteiger partial charge in [-0.1, -0.05) is 18.2 Å². The Hall–Kier alpha value is -4.24. The molecule has 1 fully saturated rings. The summed E-state index contributed by atoms with van der Waals surface area (Å²) < 4.78 is 17.5. The van der Waals surface area contributed by atoms with Gasteiger partial charge in [0.1, 0.15) is 29.5 Å². The minimum Gasteiger partial charge on any atom is -0.507 e. The number of aromatic nitrogens is 1. The Morgan fingerprint density at radius 1 is 1.11 bits per heavy atom. The lowest BCUT2D eigenvalue weighted by atomic mass is 9.72. The molecular weight excluding hydrogens is 600 g/mol. The van der Waals surface area contributed by atoms with Crippen LogP contribution >= 0.6 is 0 Å². The predicted molar refractivity (Wildman–Crippen MR) is 159 cm³/mol. The number of hydrogen-bond donors (Lipinski definition) is 6. The van der Waals surface area contributed by atoms with Gasteiger partial charge in [-0.15, -0.1) is 0 Å². The molecule has 3 aliphatic rings. The summed E-state index contributed by atoms with van der Waals surface area (Å²) in [7, 11) is 1.33. The Bertz CT molecular complexity index is 1710. The van der Waals surface area contributed by atoms with Gasteiger partial charge in [-0.2, -0.15) is 0 Å². The Balaban J connectivity index is 1.40. The van der Waals surface area contributed by atoms with Crippen LogP contribution in [0.5, 0.6) is 17.2 Å². The minimum absolute atomic E-state index is 0.0511. The third-order valence-electron chi connectivity index (χ3n) is 9.05. The molecular formula is C33H34N2O11. The van der Waals surface area contributed by atoms with Crippen molar-refractivity contribution in [3.63, 3.8) is 0 Å². The lowest BCUT2D eigenvalue weighted by Gasteiger charge is -2.43. The number of aliphatic hydroxyl groups is 3. The van der Waals surface area contributed by atoms with Gasteiger partial charge in [-0.25, -0.2) is 0 Å². The van der Waals surface area contributed by atoms with Crippen molar-refractivity contribution >= 4 is 17.3 Å².